The predicted molar refractivity (Wildman–Crippen MR) is 76.8 cm³/mol. The zero-order valence-corrected chi connectivity index (χ0v) is 11.9. The third kappa shape index (κ3) is 4.77. The Bertz CT molecular complexity index is 492. The zero-order chi connectivity index (χ0) is 15.8. The van der Waals surface area contributed by atoms with E-state index in [4.69, 9.17) is 14.9 Å². The van der Waals surface area contributed by atoms with Gasteiger partial charge in [-0.05, 0) is 18.1 Å². The molecule has 0 radical (unpaired) electrons. The van der Waals surface area contributed by atoms with Crippen LogP contribution < -0.4 is 4.74 Å². The maximum absolute atomic E-state index is 11.8. The number of aliphatic hydroxyl groups excluding tert-OH is 2. The van der Waals surface area contributed by atoms with Crippen molar-refractivity contribution in [1.29, 1.82) is 0 Å². The van der Waals surface area contributed by atoms with Crippen molar-refractivity contribution in [1.82, 2.24) is 0 Å². The summed E-state index contributed by atoms with van der Waals surface area (Å²) in [6.45, 7) is 1.33. The number of rotatable bonds is 8. The number of phenolic OH excluding ortho intramolecular Hbond substituents is 2. The van der Waals surface area contributed by atoms with Gasteiger partial charge in [-0.25, -0.2) is 0 Å². The molecule has 0 aliphatic carbocycles. The average molecular weight is 296 g/mol. The molecule has 0 aliphatic heterocycles. The molecule has 0 saturated carbocycles. The molecule has 6 heteroatoms. The fourth-order valence-corrected chi connectivity index (χ4v) is 1.74. The highest BCUT2D eigenvalue weighted by Crippen LogP contribution is 2.33. The Balaban J connectivity index is 2.84. The first-order chi connectivity index (χ1) is 10.0. The monoisotopic (exact) mass is 296 g/mol. The highest BCUT2D eigenvalue weighted by molar-refractivity contribution is 6.01. The standard InChI is InChI=1S/C15H20O6/c1-2-3-12(18)15-13(19)6-11(7-14(15)20)21-5-4-10(8-16)9-17/h4,6-7,16-17,19-20H,2-3,5,8-9H2,1H3. The predicted octanol–water partition coefficient (Wildman–Crippen LogP) is 1.37. The molecule has 0 aromatic heterocycles. The van der Waals surface area contributed by atoms with Crippen LogP contribution in [0, 0.1) is 0 Å². The largest absolute Gasteiger partial charge is 0.507 e. The second-order valence-electron chi connectivity index (χ2n) is 4.50. The molecule has 4 N–H and O–H groups in total. The molecule has 0 spiro atoms. The molecule has 116 valence electrons. The molecular weight excluding hydrogens is 276 g/mol. The molecule has 0 bridgehead atoms. The maximum Gasteiger partial charge on any atom is 0.170 e. The summed E-state index contributed by atoms with van der Waals surface area (Å²) in [6.07, 6.45) is 2.34. The molecule has 0 unspecified atom stereocenters. The Morgan fingerprint density at radius 3 is 2.24 bits per heavy atom. The van der Waals surface area contributed by atoms with Crippen molar-refractivity contribution in [2.45, 2.75) is 19.8 Å². The lowest BCUT2D eigenvalue weighted by atomic mass is 10.0. The van der Waals surface area contributed by atoms with Gasteiger partial charge in [0.1, 0.15) is 29.4 Å². The summed E-state index contributed by atoms with van der Waals surface area (Å²) >= 11 is 0. The first-order valence-corrected chi connectivity index (χ1v) is 6.65. The Morgan fingerprint density at radius 1 is 1.19 bits per heavy atom. The number of ketones is 1. The van der Waals surface area contributed by atoms with Crippen molar-refractivity contribution in [2.24, 2.45) is 0 Å². The maximum atomic E-state index is 11.8. The smallest absolute Gasteiger partial charge is 0.170 e. The third-order valence-electron chi connectivity index (χ3n) is 2.85. The highest BCUT2D eigenvalue weighted by Gasteiger charge is 2.17. The van der Waals surface area contributed by atoms with Crippen LogP contribution in [0.1, 0.15) is 30.1 Å². The number of phenols is 2. The van der Waals surface area contributed by atoms with E-state index >= 15 is 0 Å². The second kappa shape index (κ2) is 8.28. The van der Waals surface area contributed by atoms with Crippen molar-refractivity contribution in [3.05, 3.63) is 29.3 Å². The number of hydrogen-bond acceptors (Lipinski definition) is 6. The number of aliphatic hydroxyl groups is 2. The second-order valence-corrected chi connectivity index (χ2v) is 4.50. The molecule has 21 heavy (non-hydrogen) atoms. The average Bonchev–Trinajstić information content (AvgIpc) is 2.43. The SMILES string of the molecule is CCCC(=O)c1c(O)cc(OCC=C(CO)CO)cc1O. The normalized spacial score (nSPS) is 10.2. The number of hydrogen-bond donors (Lipinski definition) is 4. The van der Waals surface area contributed by atoms with Gasteiger partial charge in [0.05, 0.1) is 13.2 Å². The fourth-order valence-electron chi connectivity index (χ4n) is 1.74. The van der Waals surface area contributed by atoms with Crippen LogP contribution in [-0.2, 0) is 0 Å². The summed E-state index contributed by atoms with van der Waals surface area (Å²) in [5.41, 5.74) is 0.296. The van der Waals surface area contributed by atoms with Gasteiger partial charge in [0.2, 0.25) is 0 Å². The van der Waals surface area contributed by atoms with E-state index in [1.54, 1.807) is 0 Å². The van der Waals surface area contributed by atoms with Gasteiger partial charge in [0.15, 0.2) is 5.78 Å². The van der Waals surface area contributed by atoms with Gasteiger partial charge in [0.25, 0.3) is 0 Å². The molecule has 0 amide bonds. The molecule has 0 atom stereocenters. The van der Waals surface area contributed by atoms with Crippen molar-refractivity contribution in [2.75, 3.05) is 19.8 Å². The molecule has 0 saturated heterocycles. The summed E-state index contributed by atoms with van der Waals surface area (Å²) in [5, 5.41) is 37.3. The first-order valence-electron chi connectivity index (χ1n) is 6.65. The van der Waals surface area contributed by atoms with E-state index in [-0.39, 0.29) is 54.8 Å². The van der Waals surface area contributed by atoms with E-state index in [0.717, 1.165) is 0 Å². The molecule has 1 aromatic carbocycles. The lowest BCUT2D eigenvalue weighted by molar-refractivity contribution is 0.0976. The van der Waals surface area contributed by atoms with Crippen molar-refractivity contribution < 1.29 is 30.0 Å². The molecule has 1 aromatic rings. The number of Topliss-reactive ketones (excluding diaryl/α,β-unsaturated/α-hetero) is 1. The summed E-state index contributed by atoms with van der Waals surface area (Å²) in [7, 11) is 0. The molecule has 6 nitrogen and oxygen atoms in total. The fraction of sp³-hybridized carbons (Fsp3) is 0.400. The number of aromatic hydroxyl groups is 2. The number of carbonyl (C=O) groups is 1. The minimum absolute atomic E-state index is 0.0532. The number of ether oxygens (including phenoxy) is 1. The van der Waals surface area contributed by atoms with Crippen LogP contribution in [0.25, 0.3) is 0 Å². The first kappa shape index (κ1) is 17.0. The third-order valence-corrected chi connectivity index (χ3v) is 2.85. The Hall–Kier alpha value is -2.05. The quantitative estimate of drug-likeness (QED) is 0.426. The highest BCUT2D eigenvalue weighted by atomic mass is 16.5. The van der Waals surface area contributed by atoms with E-state index < -0.39 is 0 Å². The van der Waals surface area contributed by atoms with E-state index in [1.165, 1.54) is 18.2 Å². The Kier molecular flexibility index (Phi) is 6.71. The van der Waals surface area contributed by atoms with E-state index in [2.05, 4.69) is 0 Å². The van der Waals surface area contributed by atoms with Crippen molar-refractivity contribution in [3.8, 4) is 17.2 Å². The van der Waals surface area contributed by atoms with Gasteiger partial charge < -0.3 is 25.2 Å². The molecule has 1 rings (SSSR count). The molecule has 0 fully saturated rings. The lowest BCUT2D eigenvalue weighted by Gasteiger charge is -2.10. The van der Waals surface area contributed by atoms with Gasteiger partial charge in [-0.15, -0.1) is 0 Å². The van der Waals surface area contributed by atoms with Gasteiger partial charge in [-0.1, -0.05) is 6.92 Å². The molecular formula is C15H20O6. The van der Waals surface area contributed by atoms with Crippen molar-refractivity contribution in [3.63, 3.8) is 0 Å². The van der Waals surface area contributed by atoms with Gasteiger partial charge in [0, 0.05) is 18.6 Å². The van der Waals surface area contributed by atoms with Gasteiger partial charge in [-0.3, -0.25) is 4.79 Å². The minimum atomic E-state index is -0.336. The summed E-state index contributed by atoms with van der Waals surface area (Å²) < 4.78 is 5.27. The number of carbonyl (C=O) groups excluding carboxylic acids is 1. The molecule has 0 heterocycles. The summed E-state index contributed by atoms with van der Waals surface area (Å²) in [5.74, 6) is -0.819. The summed E-state index contributed by atoms with van der Waals surface area (Å²) in [4.78, 5) is 11.8. The van der Waals surface area contributed by atoms with E-state index in [9.17, 15) is 15.0 Å². The van der Waals surface area contributed by atoms with Crippen LogP contribution in [0.3, 0.4) is 0 Å². The van der Waals surface area contributed by atoms with Crippen LogP contribution in [-0.4, -0.2) is 46.0 Å². The zero-order valence-electron chi connectivity index (χ0n) is 11.9. The van der Waals surface area contributed by atoms with Crippen LogP contribution in [0.4, 0.5) is 0 Å². The molecule has 0 aliphatic rings. The van der Waals surface area contributed by atoms with Crippen LogP contribution in [0.5, 0.6) is 17.2 Å². The van der Waals surface area contributed by atoms with E-state index in [0.29, 0.717) is 12.0 Å². The lowest BCUT2D eigenvalue weighted by Crippen LogP contribution is -2.03. The van der Waals surface area contributed by atoms with Gasteiger partial charge in [-0.2, -0.15) is 0 Å². The Morgan fingerprint density at radius 2 is 1.76 bits per heavy atom. The Labute approximate surface area is 122 Å². The topological polar surface area (TPSA) is 107 Å². The van der Waals surface area contributed by atoms with Crippen LogP contribution >= 0.6 is 0 Å². The number of benzene rings is 1. The summed E-state index contributed by atoms with van der Waals surface area (Å²) in [6, 6.07) is 2.49. The van der Waals surface area contributed by atoms with Crippen molar-refractivity contribution >= 4 is 5.78 Å². The minimum Gasteiger partial charge on any atom is -0.507 e. The van der Waals surface area contributed by atoms with Crippen LogP contribution in [0.2, 0.25) is 0 Å². The van der Waals surface area contributed by atoms with Crippen LogP contribution in [0.15, 0.2) is 23.8 Å². The van der Waals surface area contributed by atoms with E-state index in [1.807, 2.05) is 6.92 Å². The van der Waals surface area contributed by atoms with Gasteiger partial charge >= 0.3 is 0 Å².